The van der Waals surface area contributed by atoms with E-state index in [0.29, 0.717) is 34.1 Å². The molecule has 77 heavy (non-hydrogen) atoms. The lowest BCUT2D eigenvalue weighted by molar-refractivity contribution is -0.144. The number of aromatic nitrogens is 4. The topological polar surface area (TPSA) is 431 Å². The van der Waals surface area contributed by atoms with E-state index >= 15 is 0 Å². The molecule has 16 N–H and O–H groups in total. The van der Waals surface area contributed by atoms with Crippen LogP contribution in [0.1, 0.15) is 55.3 Å². The van der Waals surface area contributed by atoms with Crippen LogP contribution in [-0.2, 0) is 67.2 Å². The lowest BCUT2D eigenvalue weighted by atomic mass is 10.0. The first-order chi connectivity index (χ1) is 36.8. The molecule has 8 amide bonds. The Hall–Kier alpha value is -8.69. The minimum absolute atomic E-state index is 0.0825. The number of carboxylic acids is 2. The molecule has 2 fully saturated rings. The predicted octanol–water partition coefficient (Wildman–Crippen LogP) is -3.08. The van der Waals surface area contributed by atoms with E-state index in [1.807, 2.05) is 0 Å². The highest BCUT2D eigenvalue weighted by Gasteiger charge is 2.44. The first-order valence-electron chi connectivity index (χ1n) is 24.8. The smallest absolute Gasteiger partial charge is 0.326 e. The highest BCUT2D eigenvalue weighted by molar-refractivity contribution is 5.99. The molecule has 9 atom stereocenters. The van der Waals surface area contributed by atoms with Gasteiger partial charge < -0.3 is 83.2 Å². The number of benzene rings is 2. The number of likely N-dealkylation sites (tertiary alicyclic amines) is 2. The van der Waals surface area contributed by atoms with Crippen LogP contribution >= 0.6 is 0 Å². The van der Waals surface area contributed by atoms with E-state index < -0.39 is 146 Å². The summed E-state index contributed by atoms with van der Waals surface area (Å²) in [5.74, 6) is -10.1. The number of nitrogens with one attached hydrogen (secondary N) is 8. The van der Waals surface area contributed by atoms with Crippen molar-refractivity contribution in [3.05, 3.63) is 90.3 Å². The Morgan fingerprint density at radius 2 is 1.25 bits per heavy atom. The molecule has 2 aromatic carbocycles. The zero-order valence-electron chi connectivity index (χ0n) is 41.5. The summed E-state index contributed by atoms with van der Waals surface area (Å²) in [5, 5.41) is 54.7. The number of imidazole rings is 1. The zero-order valence-corrected chi connectivity index (χ0v) is 41.5. The van der Waals surface area contributed by atoms with Crippen LogP contribution in [0.15, 0.2) is 73.4 Å². The molecule has 2 aliphatic heterocycles. The number of carboxylic acid groups (broad SMARTS) is 2. The third kappa shape index (κ3) is 14.0. The molecule has 0 aliphatic carbocycles. The summed E-state index contributed by atoms with van der Waals surface area (Å²) in [4.78, 5) is 149. The van der Waals surface area contributed by atoms with Crippen molar-refractivity contribution in [2.45, 2.75) is 112 Å². The van der Waals surface area contributed by atoms with Crippen molar-refractivity contribution >= 4 is 81.0 Å². The fourth-order valence-electron chi connectivity index (χ4n) is 9.66. The summed E-state index contributed by atoms with van der Waals surface area (Å²) < 4.78 is 0. The molecule has 7 rings (SSSR count). The van der Waals surface area contributed by atoms with E-state index in [9.17, 15) is 68.4 Å². The SMILES string of the molecule is NC(=O)CC[C@H](NC(=O)[C@H](Cc1cnc[nH]1)NC(=O)[C@@H]1CCCN1C(=O)[C@@H](N)CC(=O)O)C(=O)N1C[C@H](O)C[C@H]1C(=O)N[C@@H](Cc1c[nH]c2ccccc12)C(=O)N[C@@H](CO)C(=O)N[C@@H](Cc1c[nH]c2ccccc12)C(=O)O. The second-order valence-corrected chi connectivity index (χ2v) is 19.0. The number of hydrogen-bond acceptors (Lipinski definition) is 14. The van der Waals surface area contributed by atoms with Gasteiger partial charge in [-0.15, -0.1) is 0 Å². The molecule has 5 aromatic rings. The molecule has 5 heterocycles. The van der Waals surface area contributed by atoms with Crippen molar-refractivity contribution in [3.8, 4) is 0 Å². The highest BCUT2D eigenvalue weighted by atomic mass is 16.4. The average molecular weight is 1070 g/mol. The molecule has 410 valence electrons. The van der Waals surface area contributed by atoms with Crippen LogP contribution in [0.25, 0.3) is 21.8 Å². The molecule has 27 nitrogen and oxygen atoms in total. The van der Waals surface area contributed by atoms with Crippen LogP contribution in [0, 0.1) is 0 Å². The largest absolute Gasteiger partial charge is 0.481 e. The normalized spacial score (nSPS) is 18.6. The van der Waals surface area contributed by atoms with Crippen molar-refractivity contribution in [1.82, 2.24) is 56.3 Å². The van der Waals surface area contributed by atoms with Crippen molar-refractivity contribution < 1.29 is 68.4 Å². The average Bonchev–Trinajstić information content (AvgIpc) is 4.28. The number of carbonyl (C=O) groups excluding carboxylic acids is 8. The molecule has 0 bridgehead atoms. The number of aromatic amines is 3. The van der Waals surface area contributed by atoms with Gasteiger partial charge in [-0.1, -0.05) is 36.4 Å². The maximum atomic E-state index is 14.6. The predicted molar refractivity (Wildman–Crippen MR) is 270 cm³/mol. The number of fused-ring (bicyclic) bond motifs is 2. The number of H-pyrrole nitrogens is 3. The quantitative estimate of drug-likeness (QED) is 0.0276. The van der Waals surface area contributed by atoms with Crippen molar-refractivity contribution in [2.75, 3.05) is 19.7 Å². The van der Waals surface area contributed by atoms with E-state index in [1.54, 1.807) is 60.9 Å². The number of primary amides is 1. The Labute approximate surface area is 438 Å². The Morgan fingerprint density at radius 1 is 0.688 bits per heavy atom. The Bertz CT molecular complexity index is 3000. The van der Waals surface area contributed by atoms with Crippen LogP contribution in [0.2, 0.25) is 0 Å². The third-order valence-electron chi connectivity index (χ3n) is 13.6. The van der Waals surface area contributed by atoms with Gasteiger partial charge in [0.15, 0.2) is 0 Å². The number of aliphatic hydroxyl groups is 2. The second-order valence-electron chi connectivity index (χ2n) is 19.0. The standard InChI is InChI=1S/C50H61N13O14/c51-31(18-42(67)68)48(74)62-13-5-10-39(62)46(72)59-36(16-27-21-53-24-56-27)44(70)57-34(11-12-41(52)66)49(75)63-22-28(65)17-40(63)47(73)58-35(14-25-19-54-32-8-3-1-6-29(25)32)43(69)61-38(23-64)45(71)60-37(50(76)77)15-26-20-55-33-9-4-2-7-30(26)33/h1-4,6-9,19-21,24,28,31,34-40,54-55,64-65H,5,10-18,22-23,51H2,(H2,52,66)(H,53,56)(H,57,70)(H,58,73)(H,59,72)(H,60,71)(H,61,69)(H,67,68)(H,76,77)/t28-,31+,34+,35+,36+,37+,38+,39+,40+/m1/s1. The summed E-state index contributed by atoms with van der Waals surface area (Å²) in [6.45, 7) is -1.37. The number of nitrogens with two attached hydrogens (primary N) is 2. The number of hydrogen-bond donors (Lipinski definition) is 14. The maximum Gasteiger partial charge on any atom is 0.326 e. The van der Waals surface area contributed by atoms with Gasteiger partial charge in [0.25, 0.3) is 0 Å². The number of nitrogens with zero attached hydrogens (tertiary/aromatic N) is 3. The molecule has 0 unspecified atom stereocenters. The van der Waals surface area contributed by atoms with Gasteiger partial charge in [0.1, 0.15) is 42.3 Å². The molecule has 2 aliphatic rings. The van der Waals surface area contributed by atoms with Crippen LogP contribution in [0.4, 0.5) is 0 Å². The number of aliphatic carboxylic acids is 2. The van der Waals surface area contributed by atoms with Gasteiger partial charge in [-0.05, 0) is 42.5 Å². The van der Waals surface area contributed by atoms with Crippen LogP contribution < -0.4 is 38.1 Å². The molecular formula is C50H61N13O14. The number of carbonyl (C=O) groups is 10. The fourth-order valence-corrected chi connectivity index (χ4v) is 9.66. The molecule has 27 heteroatoms. The van der Waals surface area contributed by atoms with E-state index in [2.05, 4.69) is 46.5 Å². The lowest BCUT2D eigenvalue weighted by Crippen LogP contribution is -2.60. The third-order valence-corrected chi connectivity index (χ3v) is 13.6. The van der Waals surface area contributed by atoms with E-state index in [-0.39, 0.29) is 38.6 Å². The fraction of sp³-hybridized carbons (Fsp3) is 0.420. The van der Waals surface area contributed by atoms with Gasteiger partial charge in [-0.2, -0.15) is 0 Å². The number of aliphatic hydroxyl groups excluding tert-OH is 2. The van der Waals surface area contributed by atoms with Gasteiger partial charge in [0.2, 0.25) is 47.3 Å². The van der Waals surface area contributed by atoms with Gasteiger partial charge in [-0.3, -0.25) is 43.2 Å². The molecule has 2 saturated heterocycles. The van der Waals surface area contributed by atoms with Gasteiger partial charge in [-0.25, -0.2) is 9.78 Å². The van der Waals surface area contributed by atoms with Crippen LogP contribution in [-0.4, -0.2) is 183 Å². The second kappa shape index (κ2) is 25.2. The summed E-state index contributed by atoms with van der Waals surface area (Å²) in [5.41, 5.74) is 14.2. The van der Waals surface area contributed by atoms with E-state index in [4.69, 9.17) is 11.5 Å². The molecule has 0 spiro atoms. The van der Waals surface area contributed by atoms with E-state index in [1.165, 1.54) is 12.5 Å². The molecule has 0 saturated carbocycles. The Morgan fingerprint density at radius 3 is 1.82 bits per heavy atom. The molecular weight excluding hydrogens is 1010 g/mol. The summed E-state index contributed by atoms with van der Waals surface area (Å²) in [6.07, 6.45) is 2.54. The number of para-hydroxylation sites is 2. The minimum atomic E-state index is -1.72. The van der Waals surface area contributed by atoms with Gasteiger partial charge >= 0.3 is 11.9 Å². The van der Waals surface area contributed by atoms with E-state index in [0.717, 1.165) is 20.7 Å². The summed E-state index contributed by atoms with van der Waals surface area (Å²) in [7, 11) is 0. The summed E-state index contributed by atoms with van der Waals surface area (Å²) >= 11 is 0. The number of rotatable bonds is 25. The minimum Gasteiger partial charge on any atom is -0.481 e. The monoisotopic (exact) mass is 1070 g/mol. The first-order valence-corrected chi connectivity index (χ1v) is 24.8. The number of β-amino-alcohol motifs (C(OH)–C–C–N with tert-alkyl or cyclic N) is 1. The summed E-state index contributed by atoms with van der Waals surface area (Å²) in [6, 6.07) is 2.22. The van der Waals surface area contributed by atoms with Crippen LogP contribution in [0.3, 0.4) is 0 Å². The van der Waals surface area contributed by atoms with Crippen molar-refractivity contribution in [1.29, 1.82) is 0 Å². The maximum absolute atomic E-state index is 14.6. The van der Waals surface area contributed by atoms with Gasteiger partial charge in [0.05, 0.1) is 31.5 Å². The van der Waals surface area contributed by atoms with Crippen molar-refractivity contribution in [2.24, 2.45) is 11.5 Å². The van der Waals surface area contributed by atoms with Crippen LogP contribution in [0.5, 0.6) is 0 Å². The molecule has 0 radical (unpaired) electrons. The Balaban J connectivity index is 1.09. The van der Waals surface area contributed by atoms with Gasteiger partial charge in [0, 0.05) is 91.3 Å². The lowest BCUT2D eigenvalue weighted by Gasteiger charge is -2.31. The Kier molecular flexibility index (Phi) is 18.4. The number of amides is 8. The highest BCUT2D eigenvalue weighted by Crippen LogP contribution is 2.25. The van der Waals surface area contributed by atoms with Crippen molar-refractivity contribution in [3.63, 3.8) is 0 Å². The zero-order chi connectivity index (χ0) is 55.5. The molecule has 3 aromatic heterocycles. The first kappa shape index (κ1) is 56.0.